The van der Waals surface area contributed by atoms with E-state index in [1.54, 1.807) is 4.90 Å². The maximum Gasteiger partial charge on any atom is 0.411 e. The van der Waals surface area contributed by atoms with E-state index in [9.17, 15) is 9.59 Å². The van der Waals surface area contributed by atoms with Crippen LogP contribution in [0.4, 0.5) is 15.3 Å². The zero-order valence-electron chi connectivity index (χ0n) is 23.6. The quantitative estimate of drug-likeness (QED) is 0.341. The van der Waals surface area contributed by atoms with Crippen molar-refractivity contribution in [2.45, 2.75) is 50.7 Å². The molecule has 210 valence electrons. The Balaban J connectivity index is 1.19. The van der Waals surface area contributed by atoms with Gasteiger partial charge in [-0.05, 0) is 73.2 Å². The normalized spacial score (nSPS) is 15.4. The predicted molar refractivity (Wildman–Crippen MR) is 160 cm³/mol. The Bertz CT molecular complexity index is 1360. The van der Waals surface area contributed by atoms with Crippen molar-refractivity contribution in [2.24, 2.45) is 0 Å². The smallest absolute Gasteiger partial charge is 0.411 e. The highest BCUT2D eigenvalue weighted by Gasteiger charge is 2.29. The fourth-order valence-corrected chi connectivity index (χ4v) is 5.69. The summed E-state index contributed by atoms with van der Waals surface area (Å²) < 4.78 is 11.2. The molecule has 1 aliphatic heterocycles. The molecule has 1 N–H and O–H groups in total. The monoisotopic (exact) mass is 559 g/mol. The molecule has 0 unspecified atom stereocenters. The van der Waals surface area contributed by atoms with Gasteiger partial charge in [-0.2, -0.15) is 0 Å². The molecule has 2 aliphatic rings. The van der Waals surface area contributed by atoms with Gasteiger partial charge in [0, 0.05) is 49.2 Å². The molecule has 3 aromatic carbocycles. The summed E-state index contributed by atoms with van der Waals surface area (Å²) in [6.07, 6.45) is -0.759. The molecule has 0 bridgehead atoms. The number of hydrogen-bond acceptors (Lipinski definition) is 6. The zero-order chi connectivity index (χ0) is 28.4. The summed E-state index contributed by atoms with van der Waals surface area (Å²) in [6.45, 7) is 11.3. The number of carbonyl (C=O) groups excluding carboxylic acids is 2. The average Bonchev–Trinajstić information content (AvgIpc) is 3.23. The van der Waals surface area contributed by atoms with E-state index in [2.05, 4.69) is 47.1 Å². The second-order valence-electron chi connectivity index (χ2n) is 11.5. The average molecular weight is 560 g/mol. The van der Waals surface area contributed by atoms with Gasteiger partial charge in [0.25, 0.3) is 0 Å². The predicted octanol–water partition coefficient (Wildman–Crippen LogP) is 6.70. The highest BCUT2D eigenvalue weighted by Crippen LogP contribution is 2.44. The van der Waals surface area contributed by atoms with Crippen LogP contribution >= 0.6 is 12.6 Å². The van der Waals surface area contributed by atoms with Gasteiger partial charge in [0.05, 0.1) is 0 Å². The number of nitrogens with zero attached hydrogens (tertiary/aromatic N) is 2. The van der Waals surface area contributed by atoms with Gasteiger partial charge in [-0.15, -0.1) is 12.6 Å². The third-order valence-corrected chi connectivity index (χ3v) is 7.96. The lowest BCUT2D eigenvalue weighted by molar-refractivity contribution is 0.0139. The number of nitrogens with one attached hydrogen (secondary N) is 1. The van der Waals surface area contributed by atoms with Crippen molar-refractivity contribution in [2.75, 3.05) is 38.1 Å². The first kappa shape index (κ1) is 28.1. The third kappa shape index (κ3) is 6.29. The lowest BCUT2D eigenvalue weighted by atomic mass is 9.98. The van der Waals surface area contributed by atoms with Gasteiger partial charge >= 0.3 is 12.2 Å². The van der Waals surface area contributed by atoms with Gasteiger partial charge in [0.1, 0.15) is 12.2 Å². The molecular weight excluding hydrogens is 522 g/mol. The molecule has 0 aromatic heterocycles. The summed E-state index contributed by atoms with van der Waals surface area (Å²) in [5, 5.41) is 2.91. The Labute approximate surface area is 241 Å². The van der Waals surface area contributed by atoms with E-state index < -0.39 is 11.7 Å². The Morgan fingerprint density at radius 3 is 2.15 bits per heavy atom. The number of hydrogen-bond donors (Lipinski definition) is 2. The molecule has 1 fully saturated rings. The van der Waals surface area contributed by atoms with Gasteiger partial charge in [-0.3, -0.25) is 10.2 Å². The maximum atomic E-state index is 12.9. The van der Waals surface area contributed by atoms with E-state index >= 15 is 0 Å². The van der Waals surface area contributed by atoms with Crippen molar-refractivity contribution >= 4 is 30.5 Å². The van der Waals surface area contributed by atoms with Crippen molar-refractivity contribution in [1.29, 1.82) is 0 Å². The molecule has 7 nitrogen and oxygen atoms in total. The number of rotatable bonds is 5. The first-order valence-electron chi connectivity index (χ1n) is 13.7. The number of anilines is 1. The minimum absolute atomic E-state index is 0.00603. The van der Waals surface area contributed by atoms with Crippen molar-refractivity contribution in [1.82, 2.24) is 9.80 Å². The molecule has 0 saturated carbocycles. The van der Waals surface area contributed by atoms with Gasteiger partial charge in [0.2, 0.25) is 0 Å². The Morgan fingerprint density at radius 2 is 1.55 bits per heavy atom. The highest BCUT2D eigenvalue weighted by atomic mass is 32.1. The standard InChI is InChI=1S/C32H37N3O4S/c1-21-22(19-34-13-15-35(16-14-34)31(37)39-32(2,3)4)17-23(18-29(21)40)33-30(36)38-20-28-26-11-7-5-9-24(26)25-10-6-8-12-27(25)28/h5-12,17-18,28,40H,13-16,19-20H2,1-4H3,(H,33,36). The van der Waals surface area contributed by atoms with Gasteiger partial charge in [-0.25, -0.2) is 9.59 Å². The molecular formula is C32H37N3O4S. The second kappa shape index (κ2) is 11.6. The molecule has 1 aliphatic carbocycles. The van der Waals surface area contributed by atoms with Crippen molar-refractivity contribution in [3.8, 4) is 11.1 Å². The minimum Gasteiger partial charge on any atom is -0.448 e. The van der Waals surface area contributed by atoms with E-state index in [4.69, 9.17) is 9.47 Å². The fourth-order valence-electron chi connectivity index (χ4n) is 5.40. The Hall–Kier alpha value is -3.49. The van der Waals surface area contributed by atoms with E-state index in [1.165, 1.54) is 22.3 Å². The number of thiol groups is 1. The lowest BCUT2D eigenvalue weighted by Gasteiger charge is -2.35. The van der Waals surface area contributed by atoms with Crippen molar-refractivity contribution in [3.05, 3.63) is 82.9 Å². The Morgan fingerprint density at radius 1 is 0.950 bits per heavy atom. The van der Waals surface area contributed by atoms with Crippen LogP contribution in [0.5, 0.6) is 0 Å². The van der Waals surface area contributed by atoms with Crippen LogP contribution in [-0.4, -0.2) is 60.4 Å². The van der Waals surface area contributed by atoms with Crippen LogP contribution in [0.25, 0.3) is 11.1 Å². The summed E-state index contributed by atoms with van der Waals surface area (Å²) in [6, 6.07) is 20.4. The molecule has 0 radical (unpaired) electrons. The van der Waals surface area contributed by atoms with E-state index in [1.807, 2.05) is 64.1 Å². The summed E-state index contributed by atoms with van der Waals surface area (Å²) in [5.41, 5.74) is 7.04. The first-order valence-corrected chi connectivity index (χ1v) is 14.2. The number of carbonyl (C=O) groups is 2. The molecule has 3 aromatic rings. The van der Waals surface area contributed by atoms with Crippen molar-refractivity contribution in [3.63, 3.8) is 0 Å². The minimum atomic E-state index is -0.505. The Kier molecular flexibility index (Phi) is 8.10. The molecule has 0 atom stereocenters. The van der Waals surface area contributed by atoms with Gasteiger partial charge < -0.3 is 14.4 Å². The molecule has 2 amide bonds. The van der Waals surface area contributed by atoms with Gasteiger partial charge in [0.15, 0.2) is 0 Å². The number of piperazine rings is 1. The summed E-state index contributed by atoms with van der Waals surface area (Å²) in [4.78, 5) is 30.1. The van der Waals surface area contributed by atoms with E-state index in [0.717, 1.165) is 29.1 Å². The van der Waals surface area contributed by atoms with Crippen LogP contribution in [0.2, 0.25) is 0 Å². The van der Waals surface area contributed by atoms with Crippen LogP contribution in [0.15, 0.2) is 65.6 Å². The maximum absolute atomic E-state index is 12.9. The van der Waals surface area contributed by atoms with Crippen LogP contribution in [0.1, 0.15) is 48.9 Å². The van der Waals surface area contributed by atoms with Crippen molar-refractivity contribution < 1.29 is 19.1 Å². The number of fused-ring (bicyclic) bond motifs is 3. The van der Waals surface area contributed by atoms with Gasteiger partial charge in [-0.1, -0.05) is 48.5 Å². The largest absolute Gasteiger partial charge is 0.448 e. The molecule has 5 rings (SSSR count). The first-order chi connectivity index (χ1) is 19.1. The molecule has 8 heteroatoms. The van der Waals surface area contributed by atoms with Crippen LogP contribution in [0.3, 0.4) is 0 Å². The van der Waals surface area contributed by atoms with E-state index in [0.29, 0.717) is 25.3 Å². The highest BCUT2D eigenvalue weighted by molar-refractivity contribution is 7.80. The van der Waals surface area contributed by atoms with Crippen LogP contribution in [-0.2, 0) is 16.0 Å². The van der Waals surface area contributed by atoms with E-state index in [-0.39, 0.29) is 18.6 Å². The summed E-state index contributed by atoms with van der Waals surface area (Å²) >= 11 is 4.66. The lowest BCUT2D eigenvalue weighted by Crippen LogP contribution is -2.49. The topological polar surface area (TPSA) is 71.1 Å². The number of benzene rings is 3. The molecule has 40 heavy (non-hydrogen) atoms. The molecule has 1 saturated heterocycles. The summed E-state index contributed by atoms with van der Waals surface area (Å²) in [5.74, 6) is 0.00603. The molecule has 1 heterocycles. The number of amides is 2. The fraction of sp³-hybridized carbons (Fsp3) is 0.375. The third-order valence-electron chi connectivity index (χ3n) is 7.50. The SMILES string of the molecule is Cc1c(S)cc(NC(=O)OCC2c3ccccc3-c3ccccc32)cc1CN1CCN(C(=O)OC(C)(C)C)CC1. The van der Waals surface area contributed by atoms with Crippen LogP contribution in [0, 0.1) is 6.92 Å². The van der Waals surface area contributed by atoms with Crippen LogP contribution < -0.4 is 5.32 Å². The second-order valence-corrected chi connectivity index (χ2v) is 12.0. The zero-order valence-corrected chi connectivity index (χ0v) is 24.5. The summed E-state index contributed by atoms with van der Waals surface area (Å²) in [7, 11) is 0. The molecule has 0 spiro atoms. The number of ether oxygens (including phenoxy) is 2.